The maximum absolute atomic E-state index is 12.6. The van der Waals surface area contributed by atoms with Gasteiger partial charge in [0, 0.05) is 31.5 Å². The fourth-order valence-electron chi connectivity index (χ4n) is 3.86. The van der Waals surface area contributed by atoms with Crippen LogP contribution in [0.5, 0.6) is 0 Å². The third-order valence-electron chi connectivity index (χ3n) is 4.85. The summed E-state index contributed by atoms with van der Waals surface area (Å²) in [6, 6.07) is 0.153. The van der Waals surface area contributed by atoms with Gasteiger partial charge >= 0.3 is 0 Å². The highest BCUT2D eigenvalue weighted by Gasteiger charge is 2.41. The molecule has 0 aromatic rings. The van der Waals surface area contributed by atoms with Crippen molar-refractivity contribution in [2.75, 3.05) is 13.2 Å². The number of likely N-dealkylation sites (tertiary alicyclic amines) is 1. The standard InChI is InChI=1S/C15H23NO3/c17-13-7-3-5-11(13)12-6-1-2-9-16(12)15(18)14-8-4-10-19-14/h11-12,14H,1-10H2. The van der Waals surface area contributed by atoms with Gasteiger partial charge < -0.3 is 9.64 Å². The number of piperidine rings is 1. The minimum absolute atomic E-state index is 0.102. The van der Waals surface area contributed by atoms with Gasteiger partial charge in [0.25, 0.3) is 5.91 Å². The molecule has 0 bridgehead atoms. The molecule has 106 valence electrons. The van der Waals surface area contributed by atoms with Crippen LogP contribution in [0.2, 0.25) is 0 Å². The van der Waals surface area contributed by atoms with Crippen molar-refractivity contribution in [2.45, 2.75) is 63.5 Å². The smallest absolute Gasteiger partial charge is 0.251 e. The summed E-state index contributed by atoms with van der Waals surface area (Å²) in [6.07, 6.45) is 7.48. The van der Waals surface area contributed by atoms with E-state index in [4.69, 9.17) is 4.74 Å². The zero-order chi connectivity index (χ0) is 13.2. The molecule has 3 atom stereocenters. The zero-order valence-corrected chi connectivity index (χ0v) is 11.5. The van der Waals surface area contributed by atoms with Crippen molar-refractivity contribution in [3.8, 4) is 0 Å². The van der Waals surface area contributed by atoms with Crippen molar-refractivity contribution in [3.05, 3.63) is 0 Å². The number of hydrogen-bond acceptors (Lipinski definition) is 3. The maximum Gasteiger partial charge on any atom is 0.251 e. The number of nitrogens with zero attached hydrogens (tertiary/aromatic N) is 1. The Kier molecular flexibility index (Phi) is 3.87. The third kappa shape index (κ3) is 2.55. The van der Waals surface area contributed by atoms with Gasteiger partial charge in [-0.2, -0.15) is 0 Å². The normalized spacial score (nSPS) is 35.9. The van der Waals surface area contributed by atoms with Crippen molar-refractivity contribution >= 4 is 11.7 Å². The van der Waals surface area contributed by atoms with E-state index in [-0.39, 0.29) is 24.0 Å². The predicted octanol–water partition coefficient (Wildman–Crippen LogP) is 1.92. The average Bonchev–Trinajstić information content (AvgIpc) is 3.09. The van der Waals surface area contributed by atoms with E-state index < -0.39 is 0 Å². The number of Topliss-reactive ketones (excluding diaryl/α,β-unsaturated/α-hetero) is 1. The lowest BCUT2D eigenvalue weighted by Gasteiger charge is -2.39. The Bertz CT molecular complexity index is 362. The monoisotopic (exact) mass is 265 g/mol. The van der Waals surface area contributed by atoms with E-state index in [0.29, 0.717) is 18.8 Å². The molecule has 0 spiro atoms. The molecule has 19 heavy (non-hydrogen) atoms. The number of hydrogen-bond donors (Lipinski definition) is 0. The van der Waals surface area contributed by atoms with Crippen LogP contribution in [0.4, 0.5) is 0 Å². The highest BCUT2D eigenvalue weighted by Crippen LogP contribution is 2.33. The van der Waals surface area contributed by atoms with Crippen molar-refractivity contribution in [3.63, 3.8) is 0 Å². The maximum atomic E-state index is 12.6. The zero-order valence-electron chi connectivity index (χ0n) is 11.5. The largest absolute Gasteiger partial charge is 0.368 e. The van der Waals surface area contributed by atoms with E-state index in [1.807, 2.05) is 4.90 Å². The summed E-state index contributed by atoms with van der Waals surface area (Å²) < 4.78 is 5.53. The molecule has 3 fully saturated rings. The van der Waals surface area contributed by atoms with Gasteiger partial charge in [0.1, 0.15) is 11.9 Å². The van der Waals surface area contributed by atoms with E-state index in [2.05, 4.69) is 0 Å². The summed E-state index contributed by atoms with van der Waals surface area (Å²) in [4.78, 5) is 26.5. The molecule has 1 saturated carbocycles. The van der Waals surface area contributed by atoms with Gasteiger partial charge in [-0.1, -0.05) is 0 Å². The molecule has 0 N–H and O–H groups in total. The first-order valence-electron chi connectivity index (χ1n) is 7.72. The van der Waals surface area contributed by atoms with Gasteiger partial charge in [0.05, 0.1) is 0 Å². The van der Waals surface area contributed by atoms with Crippen LogP contribution in [-0.2, 0) is 14.3 Å². The van der Waals surface area contributed by atoms with E-state index in [9.17, 15) is 9.59 Å². The first kappa shape index (κ1) is 13.1. The Labute approximate surface area is 114 Å². The molecule has 0 aromatic heterocycles. The summed E-state index contributed by atoms with van der Waals surface area (Å²) in [7, 11) is 0. The number of amides is 1. The minimum Gasteiger partial charge on any atom is -0.368 e. The lowest BCUT2D eigenvalue weighted by molar-refractivity contribution is -0.147. The Hall–Kier alpha value is -0.900. The average molecular weight is 265 g/mol. The molecule has 3 unspecified atom stereocenters. The molecule has 2 aliphatic heterocycles. The number of carbonyl (C=O) groups is 2. The molecular formula is C15H23NO3. The van der Waals surface area contributed by atoms with Gasteiger partial charge in [-0.05, 0) is 44.9 Å². The Morgan fingerprint density at radius 3 is 2.68 bits per heavy atom. The molecule has 2 heterocycles. The van der Waals surface area contributed by atoms with Crippen LogP contribution in [0.3, 0.4) is 0 Å². The van der Waals surface area contributed by atoms with Crippen LogP contribution in [0.15, 0.2) is 0 Å². The first-order valence-corrected chi connectivity index (χ1v) is 7.72. The van der Waals surface area contributed by atoms with Gasteiger partial charge in [0.15, 0.2) is 0 Å². The Morgan fingerprint density at radius 2 is 2.00 bits per heavy atom. The van der Waals surface area contributed by atoms with Crippen molar-refractivity contribution in [2.24, 2.45) is 5.92 Å². The lowest BCUT2D eigenvalue weighted by Crippen LogP contribution is -2.51. The molecular weight excluding hydrogens is 242 g/mol. The van der Waals surface area contributed by atoms with Gasteiger partial charge in [-0.3, -0.25) is 9.59 Å². The molecule has 1 aliphatic carbocycles. The molecule has 4 heteroatoms. The van der Waals surface area contributed by atoms with Gasteiger partial charge in [0.2, 0.25) is 0 Å². The van der Waals surface area contributed by atoms with Crippen molar-refractivity contribution < 1.29 is 14.3 Å². The topological polar surface area (TPSA) is 46.6 Å². The number of rotatable bonds is 2. The second-order valence-corrected chi connectivity index (χ2v) is 6.06. The second kappa shape index (κ2) is 5.61. The summed E-state index contributed by atoms with van der Waals surface area (Å²) in [5.74, 6) is 0.615. The van der Waals surface area contributed by atoms with E-state index in [1.165, 1.54) is 0 Å². The van der Waals surface area contributed by atoms with Crippen LogP contribution < -0.4 is 0 Å². The fraction of sp³-hybridized carbons (Fsp3) is 0.867. The summed E-state index contributed by atoms with van der Waals surface area (Å²) in [5.41, 5.74) is 0. The van der Waals surface area contributed by atoms with Crippen LogP contribution >= 0.6 is 0 Å². The van der Waals surface area contributed by atoms with Gasteiger partial charge in [-0.15, -0.1) is 0 Å². The third-order valence-corrected chi connectivity index (χ3v) is 4.85. The molecule has 0 aromatic carbocycles. The van der Waals surface area contributed by atoms with Crippen LogP contribution in [0.25, 0.3) is 0 Å². The van der Waals surface area contributed by atoms with Crippen molar-refractivity contribution in [1.82, 2.24) is 4.90 Å². The quantitative estimate of drug-likeness (QED) is 0.766. The van der Waals surface area contributed by atoms with Crippen LogP contribution in [0.1, 0.15) is 51.4 Å². The van der Waals surface area contributed by atoms with E-state index >= 15 is 0 Å². The summed E-state index contributed by atoms with van der Waals surface area (Å²) >= 11 is 0. The van der Waals surface area contributed by atoms with Crippen LogP contribution in [-0.4, -0.2) is 41.9 Å². The summed E-state index contributed by atoms with van der Waals surface area (Å²) in [5, 5.41) is 0. The number of ketones is 1. The summed E-state index contributed by atoms with van der Waals surface area (Å²) in [6.45, 7) is 1.52. The Morgan fingerprint density at radius 1 is 1.11 bits per heavy atom. The molecule has 3 rings (SSSR count). The van der Waals surface area contributed by atoms with E-state index in [1.54, 1.807) is 0 Å². The first-order chi connectivity index (χ1) is 9.27. The number of ether oxygens (including phenoxy) is 1. The molecule has 1 amide bonds. The van der Waals surface area contributed by atoms with E-state index in [0.717, 1.165) is 51.5 Å². The molecule has 3 aliphatic rings. The minimum atomic E-state index is -0.239. The number of carbonyl (C=O) groups excluding carboxylic acids is 2. The Balaban J connectivity index is 1.72. The molecule has 0 radical (unpaired) electrons. The molecule has 2 saturated heterocycles. The van der Waals surface area contributed by atoms with Crippen LogP contribution in [0, 0.1) is 5.92 Å². The second-order valence-electron chi connectivity index (χ2n) is 6.06. The fourth-order valence-corrected chi connectivity index (χ4v) is 3.86. The van der Waals surface area contributed by atoms with Crippen molar-refractivity contribution in [1.29, 1.82) is 0 Å². The van der Waals surface area contributed by atoms with Gasteiger partial charge in [-0.25, -0.2) is 0 Å². The highest BCUT2D eigenvalue weighted by molar-refractivity contribution is 5.86. The molecule has 4 nitrogen and oxygen atoms in total. The highest BCUT2D eigenvalue weighted by atomic mass is 16.5. The lowest BCUT2D eigenvalue weighted by atomic mass is 9.88. The SMILES string of the molecule is O=C1CCCC1C1CCCCN1C(=O)C1CCCO1. The predicted molar refractivity (Wildman–Crippen MR) is 70.7 cm³/mol.